The lowest BCUT2D eigenvalue weighted by atomic mass is 9.98. The normalized spacial score (nSPS) is 18.8. The molecule has 6 atom stereocenters. The topological polar surface area (TPSA) is 175 Å². The highest BCUT2D eigenvalue weighted by atomic mass is 16.7. The molecule has 75 heavy (non-hydrogen) atoms. The van der Waals surface area contributed by atoms with Gasteiger partial charge in [-0.25, -0.2) is 4.79 Å². The number of hydrogen-bond donors (Lipinski definition) is 3. The van der Waals surface area contributed by atoms with Gasteiger partial charge in [-0.15, -0.1) is 0 Å². The maximum atomic E-state index is 13.1. The summed E-state index contributed by atoms with van der Waals surface area (Å²) >= 11 is 0. The van der Waals surface area contributed by atoms with Gasteiger partial charge in [-0.3, -0.25) is 14.4 Å². The lowest BCUT2D eigenvalue weighted by Crippen LogP contribution is -2.61. The third-order valence-corrected chi connectivity index (χ3v) is 13.0. The van der Waals surface area contributed by atoms with Crippen LogP contribution < -0.4 is 0 Å². The fourth-order valence-electron chi connectivity index (χ4n) is 8.43. The van der Waals surface area contributed by atoms with E-state index in [0.29, 0.717) is 25.7 Å². The van der Waals surface area contributed by atoms with E-state index in [9.17, 15) is 34.5 Å². The number of esters is 3. The van der Waals surface area contributed by atoms with Gasteiger partial charge in [0.15, 0.2) is 24.6 Å². The highest BCUT2D eigenvalue weighted by Gasteiger charge is 2.50. The third-order valence-electron chi connectivity index (χ3n) is 13.0. The molecule has 0 amide bonds. The molecule has 1 heterocycles. The Labute approximate surface area is 454 Å². The summed E-state index contributed by atoms with van der Waals surface area (Å²) in [7, 11) is 0. The third kappa shape index (κ3) is 40.8. The lowest BCUT2D eigenvalue weighted by Gasteiger charge is -2.40. The second kappa shape index (κ2) is 50.7. The first-order chi connectivity index (χ1) is 36.6. The highest BCUT2D eigenvalue weighted by molar-refractivity contribution is 5.74. The van der Waals surface area contributed by atoms with E-state index in [2.05, 4.69) is 99.8 Å². The van der Waals surface area contributed by atoms with Crippen molar-refractivity contribution >= 4 is 23.9 Å². The second-order valence-electron chi connectivity index (χ2n) is 19.9. The number of aliphatic hydroxyl groups is 2. The van der Waals surface area contributed by atoms with Crippen LogP contribution in [0.4, 0.5) is 0 Å². The van der Waals surface area contributed by atoms with Gasteiger partial charge in [0, 0.05) is 19.3 Å². The molecule has 0 bridgehead atoms. The van der Waals surface area contributed by atoms with E-state index in [1.54, 1.807) is 0 Å². The molecule has 0 spiro atoms. The average Bonchev–Trinajstić information content (AvgIpc) is 3.39. The zero-order chi connectivity index (χ0) is 54.7. The molecule has 0 aliphatic carbocycles. The van der Waals surface area contributed by atoms with Crippen LogP contribution >= 0.6 is 0 Å². The molecule has 0 saturated carbocycles. The van der Waals surface area contributed by atoms with Crippen molar-refractivity contribution < 1.29 is 58.2 Å². The van der Waals surface area contributed by atoms with Gasteiger partial charge in [0.2, 0.25) is 0 Å². The van der Waals surface area contributed by atoms with Crippen LogP contribution in [0.3, 0.4) is 0 Å². The molecule has 1 fully saturated rings. The van der Waals surface area contributed by atoms with Crippen LogP contribution in [0.25, 0.3) is 0 Å². The highest BCUT2D eigenvalue weighted by Crippen LogP contribution is 2.26. The first-order valence-electron chi connectivity index (χ1n) is 29.6. The van der Waals surface area contributed by atoms with Gasteiger partial charge in [0.1, 0.15) is 18.8 Å². The Morgan fingerprint density at radius 2 is 0.853 bits per heavy atom. The predicted molar refractivity (Wildman–Crippen MR) is 303 cm³/mol. The molecule has 428 valence electrons. The number of carbonyl (C=O) groups excluding carboxylic acids is 3. The number of aliphatic hydroxyl groups excluding tert-OH is 2. The first kappa shape index (κ1) is 68.9. The van der Waals surface area contributed by atoms with Crippen molar-refractivity contribution in [3.05, 3.63) is 85.1 Å². The van der Waals surface area contributed by atoms with Crippen molar-refractivity contribution in [2.75, 3.05) is 13.2 Å². The van der Waals surface area contributed by atoms with Crippen LogP contribution in [-0.2, 0) is 42.9 Å². The number of rotatable bonds is 49. The lowest BCUT2D eigenvalue weighted by molar-refractivity contribution is -0.301. The van der Waals surface area contributed by atoms with Crippen LogP contribution in [-0.4, -0.2) is 89.2 Å². The number of carboxylic acid groups (broad SMARTS) is 1. The number of allylic oxidation sites excluding steroid dienone is 14. The van der Waals surface area contributed by atoms with Gasteiger partial charge in [0.05, 0.1) is 6.61 Å². The van der Waals surface area contributed by atoms with Crippen LogP contribution in [0.1, 0.15) is 239 Å². The molecule has 0 radical (unpaired) electrons. The Bertz CT molecular complexity index is 1630. The zero-order valence-electron chi connectivity index (χ0n) is 47.0. The minimum Gasteiger partial charge on any atom is -0.479 e. The Kier molecular flexibility index (Phi) is 46.6. The quantitative estimate of drug-likeness (QED) is 0.0228. The van der Waals surface area contributed by atoms with Crippen LogP contribution in [0.5, 0.6) is 0 Å². The fraction of sp³-hybridized carbons (Fsp3) is 0.714. The number of carboxylic acids is 1. The average molecular weight is 1050 g/mol. The molecule has 12 nitrogen and oxygen atoms in total. The number of hydrogen-bond acceptors (Lipinski definition) is 11. The summed E-state index contributed by atoms with van der Waals surface area (Å²) < 4.78 is 28.3. The van der Waals surface area contributed by atoms with Crippen molar-refractivity contribution in [2.45, 2.75) is 276 Å². The van der Waals surface area contributed by atoms with E-state index in [0.717, 1.165) is 109 Å². The van der Waals surface area contributed by atoms with Gasteiger partial charge < -0.3 is 39.0 Å². The standard InChI is InChI=1S/C63H104O12/c1-4-7-10-13-16-19-22-24-26-28-30-32-35-37-40-43-46-49-55(64)71-52-54(73-56(65)50-47-44-41-39-36-33-31-29-27-25-23-20-17-14-11-8-5-2)53-72-63-61(59(68)58(67)60(75-63)62(69)70)74-57(66)51-48-45-42-38-34-21-18-15-12-9-6-3/h7,10,16-17,19-20,24-27,30,32,37,40,54,58-61,63,67-68H,4-6,8-9,11-15,18,21-23,28-29,31,33-36,38-39,41-53H2,1-3H3,(H,69,70)/b10-7-,19-16-,20-17-,26-24-,27-25-,32-30-,40-37-. The molecule has 1 rings (SSSR count). The number of aliphatic carboxylic acids is 1. The maximum Gasteiger partial charge on any atom is 0.335 e. The van der Waals surface area contributed by atoms with Crippen LogP contribution in [0.2, 0.25) is 0 Å². The minimum atomic E-state index is -1.91. The monoisotopic (exact) mass is 1050 g/mol. The molecule has 12 heteroatoms. The summed E-state index contributed by atoms with van der Waals surface area (Å²) in [6, 6.07) is 0. The maximum absolute atomic E-state index is 13.1. The smallest absolute Gasteiger partial charge is 0.335 e. The number of unbranched alkanes of at least 4 members (excludes halogenated alkanes) is 21. The largest absolute Gasteiger partial charge is 0.479 e. The van der Waals surface area contributed by atoms with Crippen molar-refractivity contribution in [3.63, 3.8) is 0 Å². The number of ether oxygens (including phenoxy) is 5. The van der Waals surface area contributed by atoms with Gasteiger partial charge >= 0.3 is 23.9 Å². The number of carbonyl (C=O) groups is 4. The Morgan fingerprint density at radius 1 is 0.453 bits per heavy atom. The Hall–Kier alpha value is -4.10. The van der Waals surface area contributed by atoms with E-state index in [1.165, 1.54) is 64.2 Å². The summed E-state index contributed by atoms with van der Waals surface area (Å²) in [5.41, 5.74) is 0. The van der Waals surface area contributed by atoms with Gasteiger partial charge in [0.25, 0.3) is 0 Å². The summed E-state index contributed by atoms with van der Waals surface area (Å²) in [6.45, 7) is 5.78. The summed E-state index contributed by atoms with van der Waals surface area (Å²) in [5, 5.41) is 31.4. The van der Waals surface area contributed by atoms with Gasteiger partial charge in [-0.05, 0) is 89.9 Å². The summed E-state index contributed by atoms with van der Waals surface area (Å²) in [6.07, 6.45) is 52.7. The zero-order valence-corrected chi connectivity index (χ0v) is 47.0. The van der Waals surface area contributed by atoms with Crippen LogP contribution in [0.15, 0.2) is 85.1 Å². The summed E-state index contributed by atoms with van der Waals surface area (Å²) in [4.78, 5) is 51.1. The van der Waals surface area contributed by atoms with Crippen molar-refractivity contribution in [1.82, 2.24) is 0 Å². The van der Waals surface area contributed by atoms with Crippen molar-refractivity contribution in [1.29, 1.82) is 0 Å². The Morgan fingerprint density at radius 3 is 1.35 bits per heavy atom. The molecule has 0 aromatic heterocycles. The molecule has 3 N–H and O–H groups in total. The SMILES string of the molecule is CC/C=C\C/C=C\C/C=C\C/C=C\C/C=C\CCCC(=O)OCC(COC1OC(C(=O)O)C(O)C(O)C1OC(=O)CCCCCCCCCCCCC)OC(=O)CCCCCCCCC/C=C\C/C=C\CCCCC. The molecular formula is C63H104O12. The molecule has 6 unspecified atom stereocenters. The van der Waals surface area contributed by atoms with Gasteiger partial charge in [-0.2, -0.15) is 0 Å². The Balaban J connectivity index is 2.73. The van der Waals surface area contributed by atoms with Crippen molar-refractivity contribution in [3.8, 4) is 0 Å². The molecule has 0 aromatic carbocycles. The van der Waals surface area contributed by atoms with E-state index in [1.807, 2.05) is 6.08 Å². The minimum absolute atomic E-state index is 0.0534. The molecule has 0 aromatic rings. The molecule has 1 aliphatic heterocycles. The van der Waals surface area contributed by atoms with Gasteiger partial charge in [-0.1, -0.05) is 215 Å². The second-order valence-corrected chi connectivity index (χ2v) is 19.9. The van der Waals surface area contributed by atoms with E-state index in [-0.39, 0.29) is 25.9 Å². The van der Waals surface area contributed by atoms with Crippen molar-refractivity contribution in [2.24, 2.45) is 0 Å². The fourth-order valence-corrected chi connectivity index (χ4v) is 8.43. The molecule has 1 aliphatic rings. The van der Waals surface area contributed by atoms with E-state index >= 15 is 0 Å². The predicted octanol–water partition coefficient (Wildman–Crippen LogP) is 15.1. The van der Waals surface area contributed by atoms with E-state index in [4.69, 9.17) is 23.7 Å². The molecular weight excluding hydrogens is 949 g/mol. The molecule has 1 saturated heterocycles. The van der Waals surface area contributed by atoms with E-state index < -0.39 is 67.3 Å². The van der Waals surface area contributed by atoms with Crippen LogP contribution in [0, 0.1) is 0 Å². The first-order valence-corrected chi connectivity index (χ1v) is 29.6. The summed E-state index contributed by atoms with van der Waals surface area (Å²) in [5.74, 6) is -3.21.